The van der Waals surface area contributed by atoms with Crippen molar-refractivity contribution in [2.75, 3.05) is 4.90 Å². The molecule has 58 heavy (non-hydrogen) atoms. The van der Waals surface area contributed by atoms with E-state index in [4.69, 9.17) is 4.42 Å². The maximum absolute atomic E-state index is 6.65. The van der Waals surface area contributed by atoms with Crippen LogP contribution in [0.1, 0.15) is 90.4 Å². The Balaban J connectivity index is 1.05. The summed E-state index contributed by atoms with van der Waals surface area (Å²) in [4.78, 5) is 2.91. The Kier molecular flexibility index (Phi) is 8.39. The molecule has 0 N–H and O–H groups in total. The van der Waals surface area contributed by atoms with Crippen LogP contribution in [0, 0.1) is 52.3 Å². The number of rotatable bonds is 5. The lowest BCUT2D eigenvalue weighted by atomic mass is 9.50. The Morgan fingerprint density at radius 1 is 0.741 bits per heavy atom. The van der Waals surface area contributed by atoms with Crippen LogP contribution < -0.4 is 4.90 Å². The van der Waals surface area contributed by atoms with Crippen molar-refractivity contribution in [1.29, 1.82) is 0 Å². The average molecular weight is 762 g/mol. The number of allylic oxidation sites excluding steroid dienone is 19. The molecule has 0 amide bonds. The van der Waals surface area contributed by atoms with E-state index in [2.05, 4.69) is 145 Å². The first-order valence-electron chi connectivity index (χ1n) is 23.2. The van der Waals surface area contributed by atoms with Crippen molar-refractivity contribution >= 4 is 27.6 Å². The first-order valence-corrected chi connectivity index (χ1v) is 23.2. The van der Waals surface area contributed by atoms with Gasteiger partial charge >= 0.3 is 0 Å². The fourth-order valence-electron chi connectivity index (χ4n) is 14.9. The topological polar surface area (TPSA) is 16.4 Å². The highest BCUT2D eigenvalue weighted by atomic mass is 16.3. The van der Waals surface area contributed by atoms with E-state index >= 15 is 0 Å². The van der Waals surface area contributed by atoms with Gasteiger partial charge in [-0.3, -0.25) is 0 Å². The van der Waals surface area contributed by atoms with E-state index in [0.29, 0.717) is 41.4 Å². The summed E-state index contributed by atoms with van der Waals surface area (Å²) in [5, 5.41) is 2.53. The number of hydrogen-bond donors (Lipinski definition) is 0. The van der Waals surface area contributed by atoms with Gasteiger partial charge in [-0.2, -0.15) is 0 Å². The minimum atomic E-state index is 0.0927. The van der Waals surface area contributed by atoms with E-state index in [-0.39, 0.29) is 16.9 Å². The predicted octanol–water partition coefficient (Wildman–Crippen LogP) is 14.6. The summed E-state index contributed by atoms with van der Waals surface area (Å²) in [6.45, 7) is 2.73. The van der Waals surface area contributed by atoms with Gasteiger partial charge < -0.3 is 9.32 Å². The van der Waals surface area contributed by atoms with E-state index in [1.165, 1.54) is 87.1 Å². The molecule has 3 aromatic rings. The molecule has 294 valence electrons. The maximum atomic E-state index is 6.65. The van der Waals surface area contributed by atoms with Crippen molar-refractivity contribution in [3.05, 3.63) is 162 Å². The number of nitrogens with zero attached hydrogens (tertiary/aromatic N) is 1. The van der Waals surface area contributed by atoms with Gasteiger partial charge in [-0.25, -0.2) is 0 Å². The molecule has 9 aliphatic rings. The number of para-hydroxylation sites is 1. The number of fused-ring (bicyclic) bond motifs is 12. The van der Waals surface area contributed by atoms with Crippen LogP contribution >= 0.6 is 0 Å². The normalized spacial score (nSPS) is 37.2. The van der Waals surface area contributed by atoms with Crippen LogP contribution in [0.4, 0.5) is 5.69 Å². The van der Waals surface area contributed by atoms with Crippen LogP contribution in [0.25, 0.3) is 21.9 Å². The third-order valence-electron chi connectivity index (χ3n) is 17.2. The molecule has 10 unspecified atom stereocenters. The Morgan fingerprint density at radius 2 is 1.67 bits per heavy atom. The van der Waals surface area contributed by atoms with Crippen molar-refractivity contribution in [1.82, 2.24) is 0 Å². The van der Waals surface area contributed by atoms with Crippen LogP contribution in [0.15, 0.2) is 166 Å². The molecule has 1 spiro atoms. The van der Waals surface area contributed by atoms with Gasteiger partial charge in [0.25, 0.3) is 0 Å². The van der Waals surface area contributed by atoms with Crippen molar-refractivity contribution in [3.8, 4) is 0 Å². The highest BCUT2D eigenvalue weighted by Gasteiger charge is 2.71. The molecular weight excluding hydrogens is 703 g/mol. The lowest BCUT2D eigenvalue weighted by molar-refractivity contribution is 0.0208. The van der Waals surface area contributed by atoms with Gasteiger partial charge in [0.05, 0.1) is 17.1 Å². The smallest absolute Gasteiger partial charge is 0.137 e. The second-order valence-electron chi connectivity index (χ2n) is 19.6. The van der Waals surface area contributed by atoms with Gasteiger partial charge in [-0.15, -0.1) is 0 Å². The van der Waals surface area contributed by atoms with Crippen molar-refractivity contribution in [2.45, 2.75) is 96.4 Å². The largest absolute Gasteiger partial charge is 0.456 e. The summed E-state index contributed by atoms with van der Waals surface area (Å²) in [5.41, 5.74) is 12.1. The summed E-state index contributed by atoms with van der Waals surface area (Å²) >= 11 is 0. The zero-order valence-corrected chi connectivity index (χ0v) is 34.4. The SMILES string of the molecule is CC12CC=CC=C1C1C=CCCC1C21C2=C(CCC(C3C=CC=CC3)=C2)C2C=CC(N(C3=CCCCC3C3CC=CCC3)c3cccc4oc5ccccc5c34)CC21. The van der Waals surface area contributed by atoms with Crippen LogP contribution in [0.2, 0.25) is 0 Å². The van der Waals surface area contributed by atoms with E-state index in [9.17, 15) is 0 Å². The fraction of sp³-hybridized carbons (Fsp3) is 0.429. The van der Waals surface area contributed by atoms with Crippen LogP contribution in [-0.4, -0.2) is 6.04 Å². The van der Waals surface area contributed by atoms with Gasteiger partial charge in [0, 0.05) is 45.6 Å². The number of benzene rings is 2. The molecule has 9 aliphatic carbocycles. The Labute approximate surface area is 345 Å². The second kappa shape index (κ2) is 13.8. The first kappa shape index (κ1) is 35.4. The molecule has 2 aromatic carbocycles. The molecule has 1 aromatic heterocycles. The third-order valence-corrected chi connectivity index (χ3v) is 17.2. The van der Waals surface area contributed by atoms with Crippen LogP contribution in [0.5, 0.6) is 0 Å². The van der Waals surface area contributed by atoms with Gasteiger partial charge in [-0.05, 0) is 125 Å². The number of furan rings is 1. The highest BCUT2D eigenvalue weighted by Crippen LogP contribution is 2.78. The zero-order valence-electron chi connectivity index (χ0n) is 34.4. The van der Waals surface area contributed by atoms with Gasteiger partial charge in [0.15, 0.2) is 0 Å². The molecule has 2 nitrogen and oxygen atoms in total. The van der Waals surface area contributed by atoms with Gasteiger partial charge in [0.1, 0.15) is 11.2 Å². The van der Waals surface area contributed by atoms with Crippen LogP contribution in [-0.2, 0) is 0 Å². The standard InChI is InChI=1S/C56H59NO/c1-55-34-15-14-24-46(55)44-22-8-11-25-47(44)56(55)48-35-39(37-17-4-2-5-18-37)30-32-42(48)43-33-31-40(36-49(43)56)57(50-26-12-9-21-41(50)38-19-6-3-7-20-38)51-27-16-29-53-54(51)45-23-10-13-28-52(45)58-53/h2-6,8,10,13-17,22-24,26-29,31,33,35,37-38,40-41,43-44,47,49H,7,9,11-12,18-21,25,30,32,34,36H2,1H3. The Hall–Kier alpha value is -4.56. The zero-order chi connectivity index (χ0) is 38.4. The highest BCUT2D eigenvalue weighted by molar-refractivity contribution is 6.12. The molecule has 12 rings (SSSR count). The maximum Gasteiger partial charge on any atom is 0.137 e. The molecule has 0 aliphatic heterocycles. The summed E-state index contributed by atoms with van der Waals surface area (Å²) in [6.07, 6.45) is 53.9. The quantitative estimate of drug-likeness (QED) is 0.241. The van der Waals surface area contributed by atoms with E-state index in [1.54, 1.807) is 28.0 Å². The lowest BCUT2D eigenvalue weighted by Crippen LogP contribution is -2.51. The predicted molar refractivity (Wildman–Crippen MR) is 241 cm³/mol. The van der Waals surface area contributed by atoms with Crippen molar-refractivity contribution in [3.63, 3.8) is 0 Å². The third kappa shape index (κ3) is 5.02. The van der Waals surface area contributed by atoms with E-state index in [0.717, 1.165) is 24.0 Å². The molecule has 1 fully saturated rings. The molecule has 0 bridgehead atoms. The Bertz CT molecular complexity index is 2490. The summed E-state index contributed by atoms with van der Waals surface area (Å²) in [6, 6.07) is 16.0. The van der Waals surface area contributed by atoms with Gasteiger partial charge in [-0.1, -0.05) is 139 Å². The fourth-order valence-corrected chi connectivity index (χ4v) is 14.9. The Morgan fingerprint density at radius 3 is 2.59 bits per heavy atom. The first-order chi connectivity index (χ1) is 28.6. The molecule has 0 radical (unpaired) electrons. The molecule has 2 heteroatoms. The molecular formula is C56H59NO. The van der Waals surface area contributed by atoms with Gasteiger partial charge in [0.2, 0.25) is 0 Å². The second-order valence-corrected chi connectivity index (χ2v) is 19.6. The summed E-state index contributed by atoms with van der Waals surface area (Å²) < 4.78 is 6.65. The summed E-state index contributed by atoms with van der Waals surface area (Å²) in [7, 11) is 0. The molecule has 1 saturated carbocycles. The molecule has 0 saturated heterocycles. The summed E-state index contributed by atoms with van der Waals surface area (Å²) in [5.74, 6) is 4.02. The monoisotopic (exact) mass is 761 g/mol. The van der Waals surface area contributed by atoms with E-state index in [1.807, 2.05) is 0 Å². The van der Waals surface area contributed by atoms with Crippen LogP contribution in [0.3, 0.4) is 0 Å². The number of anilines is 1. The van der Waals surface area contributed by atoms with E-state index < -0.39 is 0 Å². The average Bonchev–Trinajstić information content (AvgIpc) is 3.89. The minimum Gasteiger partial charge on any atom is -0.456 e. The molecule has 1 heterocycles. The lowest BCUT2D eigenvalue weighted by Gasteiger charge is -2.54. The number of hydrogen-bond acceptors (Lipinski definition) is 2. The molecule has 10 atom stereocenters. The minimum absolute atomic E-state index is 0.0927. The van der Waals surface area contributed by atoms with Crippen molar-refractivity contribution in [2.24, 2.45) is 52.3 Å². The van der Waals surface area contributed by atoms with Crippen molar-refractivity contribution < 1.29 is 4.42 Å².